The lowest BCUT2D eigenvalue weighted by molar-refractivity contribution is 0.269. The number of hydrogen-bond donors (Lipinski definition) is 2. The lowest BCUT2D eigenvalue weighted by Crippen LogP contribution is -1.98. The molecule has 0 heterocycles. The molecule has 0 aromatic carbocycles. The van der Waals surface area contributed by atoms with E-state index in [0.29, 0.717) is 12.5 Å². The van der Waals surface area contributed by atoms with E-state index in [4.69, 9.17) is 5.11 Å². The van der Waals surface area contributed by atoms with Crippen molar-refractivity contribution in [2.45, 2.75) is 13.3 Å². The Kier molecular flexibility index (Phi) is 4.67. The lowest BCUT2D eigenvalue weighted by atomic mass is 10.1. The quantitative estimate of drug-likeness (QED) is 0.531. The van der Waals surface area contributed by atoms with E-state index in [1.807, 2.05) is 0 Å². The van der Waals surface area contributed by atoms with Crippen molar-refractivity contribution in [2.24, 2.45) is 5.92 Å². The fourth-order valence-electron chi connectivity index (χ4n) is 0.312. The van der Waals surface area contributed by atoms with Crippen LogP contribution in [0.4, 0.5) is 0 Å². The third kappa shape index (κ3) is 4.16. The first kappa shape index (κ1) is 7.31. The largest absolute Gasteiger partial charge is 0.396 e. The molecule has 44 valence electrons. The summed E-state index contributed by atoms with van der Waals surface area (Å²) in [5, 5.41) is 8.33. The molecule has 0 aromatic heterocycles. The van der Waals surface area contributed by atoms with Crippen LogP contribution in [0.5, 0.6) is 0 Å². The molecular formula is C5H12OS. The van der Waals surface area contributed by atoms with Gasteiger partial charge in [0.05, 0.1) is 0 Å². The van der Waals surface area contributed by atoms with Crippen LogP contribution in [-0.4, -0.2) is 17.5 Å². The van der Waals surface area contributed by atoms with Gasteiger partial charge < -0.3 is 5.11 Å². The van der Waals surface area contributed by atoms with Crippen LogP contribution in [0.2, 0.25) is 0 Å². The Bertz CT molecular complexity index is 39.1. The predicted octanol–water partition coefficient (Wildman–Crippen LogP) is 0.935. The molecule has 0 aliphatic rings. The molecule has 0 bridgehead atoms. The second-order valence-corrected chi connectivity index (χ2v) is 2.17. The Labute approximate surface area is 50.1 Å². The average molecular weight is 120 g/mol. The van der Waals surface area contributed by atoms with E-state index in [1.54, 1.807) is 0 Å². The first-order chi connectivity index (χ1) is 3.31. The van der Waals surface area contributed by atoms with Crippen LogP contribution in [0.3, 0.4) is 0 Å². The molecule has 0 spiro atoms. The molecule has 1 atom stereocenters. The standard InChI is InChI=1S/C5H12OS/c1-5(4-7)2-3-6/h5-7H,2-4H2,1H3. The Balaban J connectivity index is 2.83. The number of aliphatic hydroxyl groups excluding tert-OH is 1. The molecule has 1 unspecified atom stereocenters. The topological polar surface area (TPSA) is 20.2 Å². The van der Waals surface area contributed by atoms with Crippen molar-refractivity contribution in [3.63, 3.8) is 0 Å². The van der Waals surface area contributed by atoms with Crippen LogP contribution in [-0.2, 0) is 0 Å². The molecule has 2 heteroatoms. The normalized spacial score (nSPS) is 14.1. The molecule has 0 saturated carbocycles. The van der Waals surface area contributed by atoms with Crippen molar-refractivity contribution >= 4 is 12.6 Å². The highest BCUT2D eigenvalue weighted by Crippen LogP contribution is 2.00. The minimum Gasteiger partial charge on any atom is -0.396 e. The third-order valence-corrected chi connectivity index (χ3v) is 1.56. The molecule has 0 amide bonds. The third-order valence-electron chi connectivity index (χ3n) is 0.934. The van der Waals surface area contributed by atoms with Gasteiger partial charge in [-0.3, -0.25) is 0 Å². The SMILES string of the molecule is CC(CS)CCO. The Hall–Kier alpha value is 0.310. The Morgan fingerprint density at radius 3 is 2.43 bits per heavy atom. The van der Waals surface area contributed by atoms with Crippen molar-refractivity contribution in [3.8, 4) is 0 Å². The smallest absolute Gasteiger partial charge is 0.0433 e. The number of thiol groups is 1. The molecule has 0 radical (unpaired) electrons. The van der Waals surface area contributed by atoms with Crippen LogP contribution in [0.1, 0.15) is 13.3 Å². The average Bonchev–Trinajstić information content (AvgIpc) is 1.68. The highest BCUT2D eigenvalue weighted by molar-refractivity contribution is 7.80. The maximum absolute atomic E-state index is 8.33. The zero-order valence-corrected chi connectivity index (χ0v) is 5.49. The number of aliphatic hydroxyl groups is 1. The molecule has 0 fully saturated rings. The summed E-state index contributed by atoms with van der Waals surface area (Å²) in [6.45, 7) is 2.37. The number of rotatable bonds is 3. The van der Waals surface area contributed by atoms with Crippen molar-refractivity contribution < 1.29 is 5.11 Å². The maximum atomic E-state index is 8.33. The van der Waals surface area contributed by atoms with Gasteiger partial charge in [-0.15, -0.1) is 0 Å². The van der Waals surface area contributed by atoms with Crippen molar-refractivity contribution in [1.29, 1.82) is 0 Å². The molecule has 7 heavy (non-hydrogen) atoms. The van der Waals surface area contributed by atoms with Gasteiger partial charge in [-0.2, -0.15) is 12.6 Å². The second kappa shape index (κ2) is 4.47. The highest BCUT2D eigenvalue weighted by Gasteiger charge is 1.94. The Morgan fingerprint density at radius 2 is 2.29 bits per heavy atom. The lowest BCUT2D eigenvalue weighted by Gasteiger charge is -2.01. The predicted molar refractivity (Wildman–Crippen MR) is 34.7 cm³/mol. The fourth-order valence-corrected chi connectivity index (χ4v) is 0.494. The summed E-state index contributed by atoms with van der Waals surface area (Å²) in [6, 6.07) is 0. The molecule has 0 aliphatic carbocycles. The minimum atomic E-state index is 0.293. The van der Waals surface area contributed by atoms with Gasteiger partial charge in [0.2, 0.25) is 0 Å². The van der Waals surface area contributed by atoms with E-state index >= 15 is 0 Å². The van der Waals surface area contributed by atoms with Gasteiger partial charge in [0.15, 0.2) is 0 Å². The zero-order valence-electron chi connectivity index (χ0n) is 4.59. The summed E-state index contributed by atoms with van der Waals surface area (Å²) >= 11 is 4.04. The van der Waals surface area contributed by atoms with E-state index in [0.717, 1.165) is 12.2 Å². The van der Waals surface area contributed by atoms with Gasteiger partial charge in [-0.1, -0.05) is 6.92 Å². The van der Waals surface area contributed by atoms with Crippen LogP contribution in [0.15, 0.2) is 0 Å². The summed E-state index contributed by atoms with van der Waals surface area (Å²) in [6.07, 6.45) is 0.878. The molecule has 1 N–H and O–H groups in total. The summed E-state index contributed by atoms with van der Waals surface area (Å²) in [5.41, 5.74) is 0. The summed E-state index contributed by atoms with van der Waals surface area (Å²) in [7, 11) is 0. The van der Waals surface area contributed by atoms with Crippen molar-refractivity contribution in [1.82, 2.24) is 0 Å². The van der Waals surface area contributed by atoms with Crippen LogP contribution < -0.4 is 0 Å². The summed E-state index contributed by atoms with van der Waals surface area (Å²) < 4.78 is 0. The van der Waals surface area contributed by atoms with Crippen LogP contribution in [0.25, 0.3) is 0 Å². The van der Waals surface area contributed by atoms with Crippen molar-refractivity contribution in [2.75, 3.05) is 12.4 Å². The summed E-state index contributed by atoms with van der Waals surface area (Å²) in [5.74, 6) is 1.44. The molecule has 0 saturated heterocycles. The fraction of sp³-hybridized carbons (Fsp3) is 1.00. The number of hydrogen-bond acceptors (Lipinski definition) is 2. The molecule has 1 nitrogen and oxygen atoms in total. The van der Waals surface area contributed by atoms with Gasteiger partial charge in [0, 0.05) is 6.61 Å². The first-order valence-corrected chi connectivity index (χ1v) is 3.16. The molecule has 0 rings (SSSR count). The molecular weight excluding hydrogens is 108 g/mol. The minimum absolute atomic E-state index is 0.293. The van der Waals surface area contributed by atoms with E-state index in [-0.39, 0.29) is 0 Å². The van der Waals surface area contributed by atoms with Crippen LogP contribution >= 0.6 is 12.6 Å². The van der Waals surface area contributed by atoms with Gasteiger partial charge >= 0.3 is 0 Å². The second-order valence-electron chi connectivity index (χ2n) is 1.80. The first-order valence-electron chi connectivity index (χ1n) is 2.53. The van der Waals surface area contributed by atoms with Crippen molar-refractivity contribution in [3.05, 3.63) is 0 Å². The highest BCUT2D eigenvalue weighted by atomic mass is 32.1. The Morgan fingerprint density at radius 1 is 1.71 bits per heavy atom. The van der Waals surface area contributed by atoms with Crippen LogP contribution in [0, 0.1) is 5.92 Å². The van der Waals surface area contributed by atoms with Gasteiger partial charge in [0.1, 0.15) is 0 Å². The molecule has 0 aliphatic heterocycles. The zero-order chi connectivity index (χ0) is 5.70. The van der Waals surface area contributed by atoms with Gasteiger partial charge in [-0.25, -0.2) is 0 Å². The van der Waals surface area contributed by atoms with Gasteiger partial charge in [0.25, 0.3) is 0 Å². The van der Waals surface area contributed by atoms with E-state index < -0.39 is 0 Å². The van der Waals surface area contributed by atoms with Gasteiger partial charge in [-0.05, 0) is 18.1 Å². The molecule has 0 aromatic rings. The van der Waals surface area contributed by atoms with E-state index in [1.165, 1.54) is 0 Å². The van der Waals surface area contributed by atoms with E-state index in [2.05, 4.69) is 19.6 Å². The summed E-state index contributed by atoms with van der Waals surface area (Å²) in [4.78, 5) is 0. The van der Waals surface area contributed by atoms with E-state index in [9.17, 15) is 0 Å². The monoisotopic (exact) mass is 120 g/mol. The maximum Gasteiger partial charge on any atom is 0.0433 e.